The third-order valence-corrected chi connectivity index (χ3v) is 2.67. The van der Waals surface area contributed by atoms with Crippen LogP contribution in [-0.4, -0.2) is 23.8 Å². The molecule has 0 fully saturated rings. The Labute approximate surface area is 96.7 Å². The number of halogens is 2. The maximum atomic E-state index is 12.6. The van der Waals surface area contributed by atoms with Crippen LogP contribution in [0.3, 0.4) is 0 Å². The number of urea groups is 1. The van der Waals surface area contributed by atoms with Crippen molar-refractivity contribution in [1.82, 2.24) is 4.90 Å². The number of hydrogen-bond acceptors (Lipinski definition) is 2. The number of amides is 2. The number of aliphatic imine (C=N–C) groups is 1. The Hall–Kier alpha value is -1.98. The zero-order chi connectivity index (χ0) is 12.6. The number of likely N-dealkylation sites (N-methyl/N-ethyl adjacent to an activating group) is 1. The second kappa shape index (κ2) is 4.12. The van der Waals surface area contributed by atoms with Crippen molar-refractivity contribution in [2.45, 2.75) is 12.5 Å². The molecule has 0 bridgehead atoms. The molecule has 1 unspecified atom stereocenters. The van der Waals surface area contributed by atoms with E-state index in [1.165, 1.54) is 30.1 Å². The van der Waals surface area contributed by atoms with Gasteiger partial charge in [-0.25, -0.2) is 13.6 Å². The summed E-state index contributed by atoms with van der Waals surface area (Å²) in [5.74, 6) is 0.129. The highest BCUT2D eigenvalue weighted by Gasteiger charge is 2.31. The highest BCUT2D eigenvalue weighted by molar-refractivity contribution is 6.03. The van der Waals surface area contributed by atoms with E-state index in [0.717, 1.165) is 0 Å². The Morgan fingerprint density at radius 2 is 2.18 bits per heavy atom. The lowest BCUT2D eigenvalue weighted by Crippen LogP contribution is -2.30. The van der Waals surface area contributed by atoms with Crippen LogP contribution in [0.1, 0.15) is 23.6 Å². The monoisotopic (exact) mass is 239 g/mol. The highest BCUT2D eigenvalue weighted by atomic mass is 19.3. The zero-order valence-electron chi connectivity index (χ0n) is 9.10. The van der Waals surface area contributed by atoms with E-state index >= 15 is 0 Å². The Morgan fingerprint density at radius 3 is 2.71 bits per heavy atom. The van der Waals surface area contributed by atoms with Crippen LogP contribution in [0.2, 0.25) is 0 Å². The van der Waals surface area contributed by atoms with E-state index in [-0.39, 0.29) is 11.4 Å². The first kappa shape index (κ1) is 11.5. The summed E-state index contributed by atoms with van der Waals surface area (Å²) in [7, 11) is 1.53. The van der Waals surface area contributed by atoms with E-state index in [4.69, 9.17) is 5.73 Å². The fourth-order valence-electron chi connectivity index (χ4n) is 1.82. The number of hydrogen-bond donors (Lipinski definition) is 1. The van der Waals surface area contributed by atoms with Crippen molar-refractivity contribution in [3.05, 3.63) is 35.4 Å². The summed E-state index contributed by atoms with van der Waals surface area (Å²) in [6.45, 7) is 0. The first-order valence-electron chi connectivity index (χ1n) is 4.99. The Morgan fingerprint density at radius 1 is 1.47 bits per heavy atom. The zero-order valence-corrected chi connectivity index (χ0v) is 9.10. The average molecular weight is 239 g/mol. The van der Waals surface area contributed by atoms with Gasteiger partial charge < -0.3 is 10.6 Å². The molecule has 0 aliphatic carbocycles. The number of carbonyl (C=O) groups is 1. The molecule has 90 valence electrons. The molecule has 17 heavy (non-hydrogen) atoms. The Kier molecular flexibility index (Phi) is 2.79. The summed E-state index contributed by atoms with van der Waals surface area (Å²) >= 11 is 0. The SMILES string of the molecule is CN1C(=O)N=C(N)C1c1cccc(C(F)F)c1. The predicted octanol–water partition coefficient (Wildman–Crippen LogP) is 2.09. The molecule has 2 amide bonds. The summed E-state index contributed by atoms with van der Waals surface area (Å²) in [5.41, 5.74) is 6.06. The van der Waals surface area contributed by atoms with Crippen molar-refractivity contribution in [2.24, 2.45) is 10.7 Å². The van der Waals surface area contributed by atoms with Gasteiger partial charge in [0.1, 0.15) is 11.9 Å². The van der Waals surface area contributed by atoms with E-state index in [0.29, 0.717) is 5.56 Å². The second-order valence-corrected chi connectivity index (χ2v) is 3.80. The van der Waals surface area contributed by atoms with Gasteiger partial charge >= 0.3 is 6.03 Å². The fourth-order valence-corrected chi connectivity index (χ4v) is 1.82. The second-order valence-electron chi connectivity index (χ2n) is 3.80. The van der Waals surface area contributed by atoms with E-state index in [9.17, 15) is 13.6 Å². The third-order valence-electron chi connectivity index (χ3n) is 2.67. The van der Waals surface area contributed by atoms with E-state index < -0.39 is 18.5 Å². The van der Waals surface area contributed by atoms with Crippen LogP contribution in [0, 0.1) is 0 Å². The van der Waals surface area contributed by atoms with Crippen molar-refractivity contribution in [2.75, 3.05) is 7.05 Å². The highest BCUT2D eigenvalue weighted by Crippen LogP contribution is 2.28. The van der Waals surface area contributed by atoms with Crippen LogP contribution in [-0.2, 0) is 0 Å². The molecule has 0 radical (unpaired) electrons. The van der Waals surface area contributed by atoms with Crippen LogP contribution in [0.25, 0.3) is 0 Å². The minimum absolute atomic E-state index is 0.0944. The van der Waals surface area contributed by atoms with Crippen molar-refractivity contribution >= 4 is 11.9 Å². The summed E-state index contributed by atoms with van der Waals surface area (Å²) in [4.78, 5) is 16.2. The number of carbonyl (C=O) groups excluding carboxylic acids is 1. The van der Waals surface area contributed by atoms with E-state index in [1.54, 1.807) is 6.07 Å². The standard InChI is InChI=1S/C11H11F2N3O/c1-16-8(10(14)15-11(16)17)6-3-2-4-7(5-6)9(12)13/h2-5,8-9H,1H3,(H2,14,15,17). The summed E-state index contributed by atoms with van der Waals surface area (Å²) < 4.78 is 25.1. The van der Waals surface area contributed by atoms with Gasteiger partial charge in [-0.05, 0) is 11.6 Å². The van der Waals surface area contributed by atoms with Crippen LogP contribution in [0.15, 0.2) is 29.3 Å². The van der Waals surface area contributed by atoms with Gasteiger partial charge in [0.2, 0.25) is 0 Å². The van der Waals surface area contributed by atoms with Crippen molar-refractivity contribution in [3.63, 3.8) is 0 Å². The van der Waals surface area contributed by atoms with Crippen LogP contribution >= 0.6 is 0 Å². The van der Waals surface area contributed by atoms with Gasteiger partial charge in [0.25, 0.3) is 6.43 Å². The van der Waals surface area contributed by atoms with Crippen LogP contribution in [0.5, 0.6) is 0 Å². The first-order chi connectivity index (χ1) is 8.00. The molecule has 1 atom stereocenters. The number of benzene rings is 1. The van der Waals surface area contributed by atoms with Crippen molar-refractivity contribution < 1.29 is 13.6 Å². The minimum Gasteiger partial charge on any atom is -0.385 e. The molecule has 0 aromatic heterocycles. The molecule has 6 heteroatoms. The smallest absolute Gasteiger partial charge is 0.345 e. The first-order valence-corrected chi connectivity index (χ1v) is 4.99. The number of alkyl halides is 2. The molecule has 1 aliphatic heterocycles. The average Bonchev–Trinajstić information content (AvgIpc) is 2.53. The molecule has 2 N–H and O–H groups in total. The Bertz CT molecular complexity index is 487. The maximum absolute atomic E-state index is 12.6. The number of nitrogens with two attached hydrogens (primary N) is 1. The predicted molar refractivity (Wildman–Crippen MR) is 58.9 cm³/mol. The maximum Gasteiger partial charge on any atom is 0.345 e. The van der Waals surface area contributed by atoms with Gasteiger partial charge in [-0.2, -0.15) is 4.99 Å². The molecular weight excluding hydrogens is 228 g/mol. The Balaban J connectivity index is 2.38. The molecule has 0 spiro atoms. The normalized spacial score (nSPS) is 20.0. The molecule has 0 saturated heterocycles. The largest absolute Gasteiger partial charge is 0.385 e. The number of rotatable bonds is 2. The van der Waals surface area contributed by atoms with Gasteiger partial charge in [-0.1, -0.05) is 18.2 Å². The van der Waals surface area contributed by atoms with Gasteiger partial charge in [-0.15, -0.1) is 0 Å². The lowest BCUT2D eigenvalue weighted by atomic mass is 10.0. The topological polar surface area (TPSA) is 58.7 Å². The number of nitrogens with zero attached hydrogens (tertiary/aromatic N) is 2. The molecule has 4 nitrogen and oxygen atoms in total. The number of amidine groups is 1. The third kappa shape index (κ3) is 1.98. The lowest BCUT2D eigenvalue weighted by Gasteiger charge is -2.20. The molecule has 1 aliphatic rings. The summed E-state index contributed by atoms with van der Waals surface area (Å²) in [5, 5.41) is 0. The van der Waals surface area contributed by atoms with Crippen molar-refractivity contribution in [1.29, 1.82) is 0 Å². The summed E-state index contributed by atoms with van der Waals surface area (Å²) in [6, 6.07) is 4.82. The minimum atomic E-state index is -2.55. The van der Waals surface area contributed by atoms with Gasteiger partial charge in [0, 0.05) is 12.6 Å². The van der Waals surface area contributed by atoms with Crippen molar-refractivity contribution in [3.8, 4) is 0 Å². The molecular formula is C11H11F2N3O. The van der Waals surface area contributed by atoms with Crippen LogP contribution in [0.4, 0.5) is 13.6 Å². The van der Waals surface area contributed by atoms with E-state index in [2.05, 4.69) is 4.99 Å². The van der Waals surface area contributed by atoms with Crippen LogP contribution < -0.4 is 5.73 Å². The fraction of sp³-hybridized carbons (Fsp3) is 0.273. The van der Waals surface area contributed by atoms with Gasteiger partial charge in [0.05, 0.1) is 0 Å². The quantitative estimate of drug-likeness (QED) is 0.859. The molecule has 1 aromatic rings. The summed E-state index contributed by atoms with van der Waals surface area (Å²) in [6.07, 6.45) is -2.55. The molecule has 0 saturated carbocycles. The lowest BCUT2D eigenvalue weighted by molar-refractivity contribution is 0.151. The van der Waals surface area contributed by atoms with Gasteiger partial charge in [-0.3, -0.25) is 0 Å². The molecule has 1 heterocycles. The molecule has 2 rings (SSSR count). The molecule has 1 aromatic carbocycles. The van der Waals surface area contributed by atoms with E-state index in [1.807, 2.05) is 0 Å². The van der Waals surface area contributed by atoms with Gasteiger partial charge in [0.15, 0.2) is 0 Å².